The summed E-state index contributed by atoms with van der Waals surface area (Å²) in [5, 5.41) is 10.6. The second-order valence-corrected chi connectivity index (χ2v) is 33.7. The minimum absolute atomic E-state index is 0.107. The van der Waals surface area contributed by atoms with Crippen LogP contribution in [0, 0.1) is 11.8 Å². The summed E-state index contributed by atoms with van der Waals surface area (Å²) in [6, 6.07) is 0. The van der Waals surface area contributed by atoms with Crippen molar-refractivity contribution in [3.63, 3.8) is 0 Å². The highest BCUT2D eigenvalue weighted by molar-refractivity contribution is 7.47. The van der Waals surface area contributed by atoms with Crippen LogP contribution in [0.2, 0.25) is 0 Å². The van der Waals surface area contributed by atoms with E-state index in [2.05, 4.69) is 41.5 Å². The summed E-state index contributed by atoms with van der Waals surface area (Å²) in [4.78, 5) is 73.0. The lowest BCUT2D eigenvalue weighted by molar-refractivity contribution is -0.161. The van der Waals surface area contributed by atoms with Gasteiger partial charge < -0.3 is 33.8 Å². The van der Waals surface area contributed by atoms with Gasteiger partial charge in [-0.25, -0.2) is 9.13 Å². The molecule has 2 unspecified atom stereocenters. The van der Waals surface area contributed by atoms with Gasteiger partial charge in [-0.2, -0.15) is 0 Å². The number of carbonyl (C=O) groups is 4. The van der Waals surface area contributed by atoms with Gasteiger partial charge >= 0.3 is 39.5 Å². The molecule has 0 saturated heterocycles. The van der Waals surface area contributed by atoms with Crippen LogP contribution in [0.4, 0.5) is 0 Å². The van der Waals surface area contributed by atoms with Crippen molar-refractivity contribution in [2.45, 2.75) is 458 Å². The van der Waals surface area contributed by atoms with Crippen LogP contribution in [0.25, 0.3) is 0 Å². The third kappa shape index (κ3) is 76.3. The van der Waals surface area contributed by atoms with Crippen LogP contribution < -0.4 is 0 Å². The SMILES string of the molecule is CCCCCCCCCCCCCCCCCCCCCC(=O)OC[C@H](COP(=O)(O)OC[C@@H](O)COP(=O)(O)OC[C@@H](COC(=O)CCCCCCCCC)OC(=O)CCCCCCCCCCCCCCCCC(C)C)OC(=O)CCCCCCCCCCCCCCCCCCC(C)C. The maximum Gasteiger partial charge on any atom is 0.472 e. The van der Waals surface area contributed by atoms with Crippen LogP contribution in [0.1, 0.15) is 440 Å². The van der Waals surface area contributed by atoms with E-state index in [9.17, 15) is 43.2 Å². The zero-order valence-corrected chi connectivity index (χ0v) is 68.7. The second-order valence-electron chi connectivity index (χ2n) is 30.8. The van der Waals surface area contributed by atoms with Gasteiger partial charge in [0.05, 0.1) is 26.4 Å². The second kappa shape index (κ2) is 74.5. The van der Waals surface area contributed by atoms with Gasteiger partial charge in [-0.1, -0.05) is 388 Å². The largest absolute Gasteiger partial charge is 0.472 e. The lowest BCUT2D eigenvalue weighted by Gasteiger charge is -2.21. The van der Waals surface area contributed by atoms with Crippen molar-refractivity contribution in [1.82, 2.24) is 0 Å². The standard InChI is InChI=1S/C83H162O17P2/c1-7-9-11-13-15-16-17-18-19-20-21-22-26-32-37-42-48-54-60-66-81(86)94-72-79(100-83(88)68-61-55-49-43-38-33-27-24-23-25-30-35-40-46-51-57-63-75(3)4)74-98-102(91,92)96-70-77(84)69-95-101(89,90)97-73-78(71-93-80(85)65-59-53-45-14-12-10-8-2)99-82(87)67-62-56-50-44-39-34-29-28-31-36-41-47-52-58-64-76(5)6/h75-79,84H,7-74H2,1-6H3,(H,89,90)(H,91,92)/t77-,78+,79+/m0/s1. The monoisotopic (exact) mass is 1490 g/mol. The van der Waals surface area contributed by atoms with Crippen LogP contribution in [-0.2, 0) is 65.4 Å². The molecule has 5 atom stereocenters. The Kier molecular flexibility index (Phi) is 73.1. The Balaban J connectivity index is 5.17. The van der Waals surface area contributed by atoms with Gasteiger partial charge in [0.2, 0.25) is 0 Å². The van der Waals surface area contributed by atoms with Gasteiger partial charge in [-0.05, 0) is 37.5 Å². The molecular weight excluding hydrogens is 1330 g/mol. The number of ether oxygens (including phenoxy) is 4. The number of phosphoric acid groups is 2. The average molecular weight is 1490 g/mol. The molecule has 0 amide bonds. The quantitative estimate of drug-likeness (QED) is 0.0222. The molecule has 102 heavy (non-hydrogen) atoms. The van der Waals surface area contributed by atoms with Crippen LogP contribution in [0.5, 0.6) is 0 Å². The molecule has 0 spiro atoms. The minimum Gasteiger partial charge on any atom is -0.462 e. The number of rotatable bonds is 82. The summed E-state index contributed by atoms with van der Waals surface area (Å²) < 4.78 is 68.7. The van der Waals surface area contributed by atoms with Gasteiger partial charge in [0.15, 0.2) is 12.2 Å². The molecule has 0 aromatic rings. The first-order valence-electron chi connectivity index (χ1n) is 43.0. The number of carbonyl (C=O) groups excluding carboxylic acids is 4. The molecule has 606 valence electrons. The molecule has 0 aliphatic rings. The third-order valence-electron chi connectivity index (χ3n) is 19.5. The topological polar surface area (TPSA) is 237 Å². The van der Waals surface area contributed by atoms with Gasteiger partial charge in [-0.15, -0.1) is 0 Å². The first-order chi connectivity index (χ1) is 49.4. The molecule has 0 aromatic heterocycles. The zero-order chi connectivity index (χ0) is 74.9. The molecule has 0 bridgehead atoms. The van der Waals surface area contributed by atoms with Crippen LogP contribution in [0.15, 0.2) is 0 Å². The summed E-state index contributed by atoms with van der Waals surface area (Å²) >= 11 is 0. The van der Waals surface area contributed by atoms with Crippen molar-refractivity contribution < 1.29 is 80.2 Å². The number of esters is 4. The van der Waals surface area contributed by atoms with Gasteiger partial charge in [-0.3, -0.25) is 37.3 Å². The van der Waals surface area contributed by atoms with Crippen LogP contribution in [-0.4, -0.2) is 96.7 Å². The maximum atomic E-state index is 13.1. The van der Waals surface area contributed by atoms with Crippen molar-refractivity contribution in [3.05, 3.63) is 0 Å². The molecule has 0 saturated carbocycles. The number of phosphoric ester groups is 2. The predicted molar refractivity (Wildman–Crippen MR) is 418 cm³/mol. The molecule has 0 aliphatic carbocycles. The van der Waals surface area contributed by atoms with E-state index in [1.165, 1.54) is 244 Å². The van der Waals surface area contributed by atoms with Crippen LogP contribution >= 0.6 is 15.6 Å². The summed E-state index contributed by atoms with van der Waals surface area (Å²) in [6.07, 6.45) is 65.4. The van der Waals surface area contributed by atoms with Crippen molar-refractivity contribution in [2.24, 2.45) is 11.8 Å². The fraction of sp³-hybridized carbons (Fsp3) is 0.952. The Morgan fingerprint density at radius 3 is 0.667 bits per heavy atom. The van der Waals surface area contributed by atoms with Crippen LogP contribution in [0.3, 0.4) is 0 Å². The van der Waals surface area contributed by atoms with E-state index < -0.39 is 97.5 Å². The molecular formula is C83H162O17P2. The lowest BCUT2D eigenvalue weighted by Crippen LogP contribution is -2.30. The number of hydrogen-bond donors (Lipinski definition) is 3. The minimum atomic E-state index is -4.96. The fourth-order valence-electron chi connectivity index (χ4n) is 12.9. The Bertz CT molecular complexity index is 1960. The van der Waals surface area contributed by atoms with Gasteiger partial charge in [0.25, 0.3) is 0 Å². The van der Waals surface area contributed by atoms with E-state index >= 15 is 0 Å². The molecule has 0 heterocycles. The normalized spacial score (nSPS) is 13.9. The predicted octanol–water partition coefficient (Wildman–Crippen LogP) is 25.1. The highest BCUT2D eigenvalue weighted by Gasteiger charge is 2.30. The average Bonchev–Trinajstić information content (AvgIpc) is 0.929. The Morgan fingerprint density at radius 2 is 0.451 bits per heavy atom. The smallest absolute Gasteiger partial charge is 0.462 e. The molecule has 0 aromatic carbocycles. The number of hydrogen-bond acceptors (Lipinski definition) is 15. The Morgan fingerprint density at radius 1 is 0.265 bits per heavy atom. The molecule has 17 nitrogen and oxygen atoms in total. The van der Waals surface area contributed by atoms with Gasteiger partial charge in [0.1, 0.15) is 19.3 Å². The zero-order valence-electron chi connectivity index (χ0n) is 66.9. The lowest BCUT2D eigenvalue weighted by atomic mass is 10.0. The first kappa shape index (κ1) is 100. The summed E-state index contributed by atoms with van der Waals surface area (Å²) in [7, 11) is -9.92. The molecule has 0 rings (SSSR count). The highest BCUT2D eigenvalue weighted by Crippen LogP contribution is 2.45. The van der Waals surface area contributed by atoms with E-state index in [0.29, 0.717) is 25.7 Å². The molecule has 19 heteroatoms. The van der Waals surface area contributed by atoms with Gasteiger partial charge in [0, 0.05) is 25.7 Å². The summed E-state index contributed by atoms with van der Waals surface area (Å²) in [5.41, 5.74) is 0. The van der Waals surface area contributed by atoms with E-state index in [0.717, 1.165) is 115 Å². The molecule has 0 radical (unpaired) electrons. The Labute approximate surface area is 626 Å². The summed E-state index contributed by atoms with van der Waals surface area (Å²) in [6.45, 7) is 9.66. The van der Waals surface area contributed by atoms with Crippen molar-refractivity contribution in [1.29, 1.82) is 0 Å². The first-order valence-corrected chi connectivity index (χ1v) is 46.0. The van der Waals surface area contributed by atoms with E-state index in [1.807, 2.05) is 0 Å². The van der Waals surface area contributed by atoms with Crippen molar-refractivity contribution in [3.8, 4) is 0 Å². The number of aliphatic hydroxyl groups excluding tert-OH is 1. The number of aliphatic hydroxyl groups is 1. The van der Waals surface area contributed by atoms with E-state index in [1.54, 1.807) is 0 Å². The molecule has 0 fully saturated rings. The molecule has 3 N–H and O–H groups in total. The maximum absolute atomic E-state index is 13.1. The van der Waals surface area contributed by atoms with E-state index in [-0.39, 0.29) is 25.7 Å². The highest BCUT2D eigenvalue weighted by atomic mass is 31.2. The van der Waals surface area contributed by atoms with Crippen molar-refractivity contribution >= 4 is 39.5 Å². The number of unbranched alkanes of at least 4 members (excludes halogenated alkanes) is 52. The molecule has 0 aliphatic heterocycles. The fourth-order valence-corrected chi connectivity index (χ4v) is 14.5. The van der Waals surface area contributed by atoms with Crippen molar-refractivity contribution in [2.75, 3.05) is 39.6 Å². The third-order valence-corrected chi connectivity index (χ3v) is 21.4. The Hall–Kier alpha value is -1.94. The van der Waals surface area contributed by atoms with E-state index in [4.69, 9.17) is 37.0 Å². The summed E-state index contributed by atoms with van der Waals surface area (Å²) in [5.74, 6) is -0.506.